The summed E-state index contributed by atoms with van der Waals surface area (Å²) in [5.41, 5.74) is 7.21. The molecule has 1 saturated carbocycles. The zero-order chi connectivity index (χ0) is 25.0. The van der Waals surface area contributed by atoms with Gasteiger partial charge in [0.25, 0.3) is 0 Å². The first-order valence-electron chi connectivity index (χ1n) is 13.7. The van der Waals surface area contributed by atoms with Crippen LogP contribution in [-0.2, 0) is 6.42 Å². The average molecular weight is 508 g/mol. The number of ketones is 1. The van der Waals surface area contributed by atoms with Crippen LogP contribution in [0.3, 0.4) is 0 Å². The van der Waals surface area contributed by atoms with E-state index in [2.05, 4.69) is 75.4 Å². The van der Waals surface area contributed by atoms with Crippen molar-refractivity contribution in [3.05, 3.63) is 89.5 Å². The second-order valence-electron chi connectivity index (χ2n) is 10.3. The van der Waals surface area contributed by atoms with Crippen molar-refractivity contribution in [3.8, 4) is 22.5 Å². The van der Waals surface area contributed by atoms with E-state index >= 15 is 0 Å². The summed E-state index contributed by atoms with van der Waals surface area (Å²) in [6.07, 6.45) is 9.69. The maximum absolute atomic E-state index is 12.9. The molecule has 4 aromatic rings. The molecule has 4 nitrogen and oxygen atoms in total. The van der Waals surface area contributed by atoms with E-state index in [1.165, 1.54) is 54.4 Å². The third kappa shape index (κ3) is 5.15. The smallest absolute Gasteiger partial charge is 0.191 e. The van der Waals surface area contributed by atoms with E-state index in [9.17, 15) is 4.79 Å². The van der Waals surface area contributed by atoms with Crippen molar-refractivity contribution >= 4 is 17.5 Å². The van der Waals surface area contributed by atoms with Crippen molar-refractivity contribution in [3.63, 3.8) is 0 Å². The van der Waals surface area contributed by atoms with Crippen molar-refractivity contribution in [2.75, 3.05) is 5.75 Å². The van der Waals surface area contributed by atoms with Crippen LogP contribution in [0.1, 0.15) is 78.9 Å². The van der Waals surface area contributed by atoms with E-state index < -0.39 is 0 Å². The van der Waals surface area contributed by atoms with E-state index in [1.54, 1.807) is 11.8 Å². The fourth-order valence-electron chi connectivity index (χ4n) is 5.84. The Balaban J connectivity index is 1.06. The topological polar surface area (TPSA) is 47.8 Å². The van der Waals surface area contributed by atoms with Gasteiger partial charge in [0.05, 0.1) is 0 Å². The number of carbonyl (C=O) groups is 1. The fourth-order valence-corrected chi connectivity index (χ4v) is 6.85. The molecule has 2 aliphatic carbocycles. The van der Waals surface area contributed by atoms with Crippen molar-refractivity contribution in [1.29, 1.82) is 0 Å². The highest BCUT2D eigenvalue weighted by Crippen LogP contribution is 2.37. The Morgan fingerprint density at radius 2 is 1.62 bits per heavy atom. The predicted octanol–water partition coefficient (Wildman–Crippen LogP) is 8.17. The summed E-state index contributed by atoms with van der Waals surface area (Å²) >= 11 is 1.79. The third-order valence-electron chi connectivity index (χ3n) is 7.78. The molecule has 0 aliphatic heterocycles. The molecule has 5 heteroatoms. The molecule has 6 rings (SSSR count). The number of hydrogen-bond acceptors (Lipinski definition) is 4. The molecule has 0 amide bonds. The predicted molar refractivity (Wildman–Crippen MR) is 151 cm³/mol. The van der Waals surface area contributed by atoms with Gasteiger partial charge < -0.3 is 0 Å². The lowest BCUT2D eigenvalue weighted by atomic mass is 9.95. The van der Waals surface area contributed by atoms with Gasteiger partial charge in [0.1, 0.15) is 0 Å². The molecular weight excluding hydrogens is 474 g/mol. The van der Waals surface area contributed by atoms with Gasteiger partial charge in [-0.2, -0.15) is 0 Å². The molecule has 37 heavy (non-hydrogen) atoms. The van der Waals surface area contributed by atoms with Crippen LogP contribution in [0.5, 0.6) is 0 Å². The lowest BCUT2D eigenvalue weighted by molar-refractivity contribution is 0.0980. The number of carbonyl (C=O) groups excluding carboxylic acids is 1. The first-order chi connectivity index (χ1) is 18.3. The maximum Gasteiger partial charge on any atom is 0.191 e. The third-order valence-corrected chi connectivity index (χ3v) is 8.81. The first-order valence-corrected chi connectivity index (χ1v) is 14.6. The largest absolute Gasteiger partial charge is 0.299 e. The van der Waals surface area contributed by atoms with Crippen molar-refractivity contribution in [1.82, 2.24) is 14.8 Å². The molecule has 0 spiro atoms. The van der Waals surface area contributed by atoms with E-state index in [4.69, 9.17) is 0 Å². The van der Waals surface area contributed by atoms with Crippen molar-refractivity contribution < 1.29 is 4.79 Å². The zero-order valence-electron chi connectivity index (χ0n) is 21.2. The summed E-state index contributed by atoms with van der Waals surface area (Å²) in [5, 5.41) is 10.2. The molecule has 3 aromatic carbocycles. The SMILES string of the molecule is O=C(CCCCSc1nnc(-c2ccccc2)n1C1CCCCC1)c1ccc2c(c1)Cc1ccccc1-2. The van der Waals surface area contributed by atoms with Gasteiger partial charge in [0, 0.05) is 29.3 Å². The summed E-state index contributed by atoms with van der Waals surface area (Å²) in [6.45, 7) is 0. The van der Waals surface area contributed by atoms with Gasteiger partial charge in [-0.15, -0.1) is 10.2 Å². The second kappa shape index (κ2) is 11.1. The molecule has 1 aromatic heterocycles. The van der Waals surface area contributed by atoms with E-state index in [0.717, 1.165) is 47.1 Å². The summed E-state index contributed by atoms with van der Waals surface area (Å²) < 4.78 is 2.40. The molecule has 0 unspecified atom stereocenters. The summed E-state index contributed by atoms with van der Waals surface area (Å²) in [5.74, 6) is 2.19. The lowest BCUT2D eigenvalue weighted by Gasteiger charge is -2.25. The van der Waals surface area contributed by atoms with Crippen LogP contribution in [0, 0.1) is 0 Å². The van der Waals surface area contributed by atoms with E-state index in [-0.39, 0.29) is 5.78 Å². The molecule has 0 bridgehead atoms. The molecule has 188 valence electrons. The highest BCUT2D eigenvalue weighted by atomic mass is 32.2. The van der Waals surface area contributed by atoms with Crippen LogP contribution < -0.4 is 0 Å². The number of hydrogen-bond donors (Lipinski definition) is 0. The second-order valence-corrected chi connectivity index (χ2v) is 11.3. The van der Waals surface area contributed by atoms with E-state index in [1.807, 2.05) is 12.1 Å². The number of rotatable bonds is 9. The van der Waals surface area contributed by atoms with E-state index in [0.29, 0.717) is 12.5 Å². The highest BCUT2D eigenvalue weighted by Gasteiger charge is 2.24. The Kier molecular flexibility index (Phi) is 7.22. The molecule has 1 heterocycles. The van der Waals surface area contributed by atoms with Gasteiger partial charge in [-0.1, -0.05) is 97.8 Å². The molecule has 0 N–H and O–H groups in total. The van der Waals surface area contributed by atoms with Crippen LogP contribution in [0.25, 0.3) is 22.5 Å². The van der Waals surface area contributed by atoms with Crippen LogP contribution in [0.15, 0.2) is 78.0 Å². The molecule has 0 radical (unpaired) electrons. The maximum atomic E-state index is 12.9. The van der Waals surface area contributed by atoms with Gasteiger partial charge in [-0.25, -0.2) is 0 Å². The van der Waals surface area contributed by atoms with Crippen molar-refractivity contribution in [2.45, 2.75) is 69.0 Å². The van der Waals surface area contributed by atoms with Gasteiger partial charge in [-0.3, -0.25) is 9.36 Å². The average Bonchev–Trinajstić information content (AvgIpc) is 3.55. The lowest BCUT2D eigenvalue weighted by Crippen LogP contribution is -2.15. The van der Waals surface area contributed by atoms with Gasteiger partial charge >= 0.3 is 0 Å². The highest BCUT2D eigenvalue weighted by molar-refractivity contribution is 7.99. The number of nitrogens with zero attached hydrogens (tertiary/aromatic N) is 3. The zero-order valence-corrected chi connectivity index (χ0v) is 22.1. The molecule has 1 fully saturated rings. The van der Waals surface area contributed by atoms with Crippen molar-refractivity contribution in [2.24, 2.45) is 0 Å². The minimum atomic E-state index is 0.250. The number of Topliss-reactive ketones (excluding diaryl/α,β-unsaturated/α-hetero) is 1. The van der Waals surface area contributed by atoms with Gasteiger partial charge in [-0.05, 0) is 60.4 Å². The number of benzene rings is 3. The number of aromatic nitrogens is 3. The number of unbranched alkanes of at least 4 members (excludes halogenated alkanes) is 1. The molecule has 0 atom stereocenters. The normalized spacial score (nSPS) is 14.9. The first kappa shape index (κ1) is 24.2. The van der Waals surface area contributed by atoms with Crippen LogP contribution in [0.4, 0.5) is 0 Å². The molecular formula is C32H33N3OS. The van der Waals surface area contributed by atoms with Gasteiger partial charge in [0.2, 0.25) is 0 Å². The molecule has 0 saturated heterocycles. The molecule has 2 aliphatic rings. The van der Waals surface area contributed by atoms with Crippen LogP contribution >= 0.6 is 11.8 Å². The standard InChI is InChI=1S/C32H33N3OS/c36-30(25-18-19-29-26(22-25)21-24-13-7-8-16-28(24)29)17-9-10-20-37-32-34-33-31(23-11-3-1-4-12-23)35(32)27-14-5-2-6-15-27/h1,3-4,7-8,11-13,16,18-19,22,27H,2,5-6,9-10,14-15,17,20-21H2. The monoisotopic (exact) mass is 507 g/mol. The Morgan fingerprint density at radius 1 is 0.838 bits per heavy atom. The summed E-state index contributed by atoms with van der Waals surface area (Å²) in [4.78, 5) is 12.9. The Bertz CT molecular complexity index is 1390. The fraction of sp³-hybridized carbons (Fsp3) is 0.344. The quantitative estimate of drug-likeness (QED) is 0.115. The van der Waals surface area contributed by atoms with Crippen LogP contribution in [-0.4, -0.2) is 26.3 Å². The minimum Gasteiger partial charge on any atom is -0.299 e. The summed E-state index contributed by atoms with van der Waals surface area (Å²) in [7, 11) is 0. The Morgan fingerprint density at radius 3 is 2.49 bits per heavy atom. The minimum absolute atomic E-state index is 0.250. The van der Waals surface area contributed by atoms with Crippen LogP contribution in [0.2, 0.25) is 0 Å². The number of fused-ring (bicyclic) bond motifs is 3. The number of thioether (sulfide) groups is 1. The Hall–Kier alpha value is -3.18. The summed E-state index contributed by atoms with van der Waals surface area (Å²) in [6, 6.07) is 25.7. The Labute approximate surface area is 223 Å². The van der Waals surface area contributed by atoms with Gasteiger partial charge in [0.15, 0.2) is 16.8 Å².